The number of hydrogen-bond donors (Lipinski definition) is 14. The van der Waals surface area contributed by atoms with Crippen molar-refractivity contribution in [2.75, 3.05) is 39.6 Å². The van der Waals surface area contributed by atoms with Crippen LogP contribution in [-0.4, -0.2) is 234 Å². The SMILES string of the molecule is OC[C@H]1O[C@@H](O[C@H]2[C@H](O)[C@@H](O)[C@H](OCC#CC#CCO[C@@H]3O[C@H](CO)[C@@H](O[C@@H]4O[C@H](CO)[C@H](O)[C@H](O)[C@H]4O)[C@H](O)[C@H]3O)O[C@@H]2CO)[C@H](O)[C@@H](O)[C@H]1O. The summed E-state index contributed by atoms with van der Waals surface area (Å²) in [4.78, 5) is 0. The van der Waals surface area contributed by atoms with E-state index in [1.165, 1.54) is 0 Å². The van der Waals surface area contributed by atoms with Crippen LogP contribution in [0.5, 0.6) is 0 Å². The summed E-state index contributed by atoms with van der Waals surface area (Å²) in [6.07, 6.45) is -32.3. The van der Waals surface area contributed by atoms with Gasteiger partial charge in [0.2, 0.25) is 0 Å². The maximum atomic E-state index is 10.7. The maximum Gasteiger partial charge on any atom is 0.187 e. The molecule has 0 saturated carbocycles. The molecular weight excluding hydrogens is 712 g/mol. The zero-order valence-electron chi connectivity index (χ0n) is 27.3. The van der Waals surface area contributed by atoms with Gasteiger partial charge >= 0.3 is 0 Å². The highest BCUT2D eigenvalue weighted by Crippen LogP contribution is 2.31. The van der Waals surface area contributed by atoms with E-state index in [2.05, 4.69) is 23.7 Å². The van der Waals surface area contributed by atoms with Crippen LogP contribution in [0.4, 0.5) is 0 Å². The Hall–Kier alpha value is -1.76. The Morgan fingerprint density at radius 3 is 1.00 bits per heavy atom. The van der Waals surface area contributed by atoms with Crippen molar-refractivity contribution in [3.8, 4) is 23.7 Å². The first-order valence-electron chi connectivity index (χ1n) is 16.1. The van der Waals surface area contributed by atoms with Gasteiger partial charge < -0.3 is 109 Å². The normalized spacial score (nSPS) is 46.8. The second kappa shape index (κ2) is 19.7. The number of aliphatic hydroxyl groups is 14. The van der Waals surface area contributed by atoms with Crippen LogP contribution in [0.25, 0.3) is 0 Å². The Morgan fingerprint density at radius 2 is 0.673 bits per heavy atom. The fraction of sp³-hybridized carbons (Fsp3) is 0.867. The van der Waals surface area contributed by atoms with Crippen molar-refractivity contribution in [3.05, 3.63) is 0 Å². The molecule has 22 nitrogen and oxygen atoms in total. The van der Waals surface area contributed by atoms with Gasteiger partial charge in [0.15, 0.2) is 25.2 Å². The Kier molecular flexibility index (Phi) is 16.3. The molecule has 0 unspecified atom stereocenters. The van der Waals surface area contributed by atoms with Gasteiger partial charge in [-0.2, -0.15) is 0 Å². The highest BCUT2D eigenvalue weighted by Gasteiger charge is 2.52. The number of aliphatic hydroxyl groups excluding tert-OH is 14. The van der Waals surface area contributed by atoms with E-state index in [1.807, 2.05) is 0 Å². The highest BCUT2D eigenvalue weighted by molar-refractivity contribution is 5.26. The summed E-state index contributed by atoms with van der Waals surface area (Å²) in [7, 11) is 0. The van der Waals surface area contributed by atoms with Crippen molar-refractivity contribution in [2.24, 2.45) is 0 Å². The van der Waals surface area contributed by atoms with Gasteiger partial charge in [0.05, 0.1) is 26.4 Å². The molecule has 4 fully saturated rings. The summed E-state index contributed by atoms with van der Waals surface area (Å²) in [6.45, 7) is -3.79. The molecule has 4 aliphatic heterocycles. The van der Waals surface area contributed by atoms with Gasteiger partial charge in [-0.1, -0.05) is 11.8 Å². The predicted octanol–water partition coefficient (Wildman–Crippen LogP) is -9.73. The van der Waals surface area contributed by atoms with Crippen molar-refractivity contribution in [1.29, 1.82) is 0 Å². The summed E-state index contributed by atoms with van der Waals surface area (Å²) >= 11 is 0. The third kappa shape index (κ3) is 9.72. The van der Waals surface area contributed by atoms with Crippen LogP contribution < -0.4 is 0 Å². The molecule has 0 aromatic carbocycles. The summed E-state index contributed by atoms with van der Waals surface area (Å²) < 4.78 is 43.0. The van der Waals surface area contributed by atoms with Crippen molar-refractivity contribution in [2.45, 2.75) is 123 Å². The zero-order valence-corrected chi connectivity index (χ0v) is 27.3. The van der Waals surface area contributed by atoms with Crippen molar-refractivity contribution in [3.63, 3.8) is 0 Å². The number of ether oxygens (including phenoxy) is 8. The summed E-state index contributed by atoms with van der Waals surface area (Å²) in [6, 6.07) is 0. The molecule has 0 radical (unpaired) electrons. The summed E-state index contributed by atoms with van der Waals surface area (Å²) in [5.41, 5.74) is 0. The van der Waals surface area contributed by atoms with Crippen molar-refractivity contribution in [1.82, 2.24) is 0 Å². The molecule has 4 saturated heterocycles. The highest BCUT2D eigenvalue weighted by atomic mass is 16.8. The molecule has 0 spiro atoms. The van der Waals surface area contributed by atoms with Crippen LogP contribution >= 0.6 is 0 Å². The van der Waals surface area contributed by atoms with Crippen LogP contribution in [0, 0.1) is 23.7 Å². The van der Waals surface area contributed by atoms with Gasteiger partial charge in [-0.15, -0.1) is 0 Å². The molecule has 298 valence electrons. The van der Waals surface area contributed by atoms with E-state index in [1.54, 1.807) is 0 Å². The topological polar surface area (TPSA) is 357 Å². The standard InChI is InChI=1S/C30H46O22/c31-7-11-15(35)17(37)21(41)29(47-11)51-25-13(9-33)49-27(23(43)19(25)39)45-5-3-1-2-4-6-46-28-24(44)20(40)26(14(10-34)50-28)52-30-22(42)18(38)16(36)12(8-32)48-30/h11-44H,5-10H2/t11-,12-,13-,14-,15+,16+,17+,18+,19-,20-,21-,22-,23-,24-,25-,26-,27-,28-,29+,30+/m1/s1. The molecule has 14 N–H and O–H groups in total. The minimum absolute atomic E-state index is 0.398. The Labute approximate surface area is 295 Å². The lowest BCUT2D eigenvalue weighted by molar-refractivity contribution is -0.358. The third-order valence-corrected chi connectivity index (χ3v) is 8.80. The molecule has 0 aromatic heterocycles. The minimum Gasteiger partial charge on any atom is -0.394 e. The molecule has 4 heterocycles. The molecule has 52 heavy (non-hydrogen) atoms. The first kappa shape index (κ1) is 43.0. The van der Waals surface area contributed by atoms with E-state index in [4.69, 9.17) is 37.9 Å². The average molecular weight is 759 g/mol. The molecule has 4 rings (SSSR count). The van der Waals surface area contributed by atoms with Gasteiger partial charge in [0, 0.05) is 0 Å². The number of hydrogen-bond acceptors (Lipinski definition) is 22. The van der Waals surface area contributed by atoms with Gasteiger partial charge in [-0.05, 0) is 11.8 Å². The lowest BCUT2D eigenvalue weighted by Gasteiger charge is -2.45. The van der Waals surface area contributed by atoms with Gasteiger partial charge in [0.25, 0.3) is 0 Å². The van der Waals surface area contributed by atoms with E-state index in [0.717, 1.165) is 0 Å². The molecule has 0 aromatic rings. The maximum absolute atomic E-state index is 10.7. The molecular formula is C30H46O22. The van der Waals surface area contributed by atoms with E-state index < -0.39 is 162 Å². The van der Waals surface area contributed by atoms with Gasteiger partial charge in [0.1, 0.15) is 111 Å². The second-order valence-corrected chi connectivity index (χ2v) is 12.2. The fourth-order valence-corrected chi connectivity index (χ4v) is 5.79. The molecule has 0 aliphatic carbocycles. The smallest absolute Gasteiger partial charge is 0.187 e. The molecule has 22 heteroatoms. The van der Waals surface area contributed by atoms with E-state index in [9.17, 15) is 71.5 Å². The van der Waals surface area contributed by atoms with Crippen LogP contribution in [0.3, 0.4) is 0 Å². The van der Waals surface area contributed by atoms with E-state index in [0.29, 0.717) is 0 Å². The molecule has 0 bridgehead atoms. The quantitative estimate of drug-likeness (QED) is 0.0822. The summed E-state index contributed by atoms with van der Waals surface area (Å²) in [5.74, 6) is 9.79. The molecule has 20 atom stereocenters. The Bertz CT molecular complexity index is 1120. The van der Waals surface area contributed by atoms with Crippen LogP contribution in [0.15, 0.2) is 0 Å². The van der Waals surface area contributed by atoms with E-state index in [-0.39, 0.29) is 0 Å². The lowest BCUT2D eigenvalue weighted by atomic mass is 9.97. The predicted molar refractivity (Wildman–Crippen MR) is 160 cm³/mol. The molecule has 4 aliphatic rings. The van der Waals surface area contributed by atoms with Crippen molar-refractivity contribution >= 4 is 0 Å². The average Bonchev–Trinajstić information content (AvgIpc) is 3.14. The lowest BCUT2D eigenvalue weighted by Crippen LogP contribution is -2.64. The zero-order chi connectivity index (χ0) is 38.3. The Balaban J connectivity index is 1.23. The van der Waals surface area contributed by atoms with Gasteiger partial charge in [-0.25, -0.2) is 0 Å². The minimum atomic E-state index is -1.82. The second-order valence-electron chi connectivity index (χ2n) is 12.2. The van der Waals surface area contributed by atoms with Crippen LogP contribution in [0.2, 0.25) is 0 Å². The first-order chi connectivity index (χ1) is 24.8. The Morgan fingerprint density at radius 1 is 0.365 bits per heavy atom. The number of rotatable bonds is 12. The third-order valence-electron chi connectivity index (χ3n) is 8.80. The first-order valence-corrected chi connectivity index (χ1v) is 16.1. The van der Waals surface area contributed by atoms with Crippen LogP contribution in [0.1, 0.15) is 0 Å². The summed E-state index contributed by atoms with van der Waals surface area (Å²) in [5, 5.41) is 141. The monoisotopic (exact) mass is 758 g/mol. The fourth-order valence-electron chi connectivity index (χ4n) is 5.79. The van der Waals surface area contributed by atoms with E-state index >= 15 is 0 Å². The molecule has 0 amide bonds. The van der Waals surface area contributed by atoms with Gasteiger partial charge in [-0.3, -0.25) is 0 Å². The van der Waals surface area contributed by atoms with Crippen molar-refractivity contribution < 1.29 is 109 Å². The van der Waals surface area contributed by atoms with Crippen LogP contribution in [-0.2, 0) is 37.9 Å². The largest absolute Gasteiger partial charge is 0.394 e.